The second kappa shape index (κ2) is 7.90. The second-order valence-corrected chi connectivity index (χ2v) is 9.94. The molecule has 2 N–H and O–H groups in total. The Hall–Kier alpha value is -2.42. The minimum atomic E-state index is -3.09. The van der Waals surface area contributed by atoms with E-state index in [9.17, 15) is 22.8 Å². The lowest BCUT2D eigenvalue weighted by Gasteiger charge is -2.22. The Morgan fingerprint density at radius 1 is 1.11 bits per heavy atom. The van der Waals surface area contributed by atoms with Crippen molar-refractivity contribution >= 4 is 38.9 Å². The number of nitrogens with one attached hydrogen (secondary N) is 2. The fourth-order valence-corrected chi connectivity index (χ4v) is 5.18. The van der Waals surface area contributed by atoms with E-state index in [1.54, 1.807) is 43.0 Å². The van der Waals surface area contributed by atoms with Crippen molar-refractivity contribution in [3.8, 4) is 0 Å². The molecule has 152 valence electrons. The van der Waals surface area contributed by atoms with Crippen molar-refractivity contribution in [2.24, 2.45) is 11.8 Å². The number of nitrogens with zero attached hydrogens (tertiary/aromatic N) is 1. The number of hydrogen-bond acceptors (Lipinski definition) is 5. The molecular weight excluding hydrogens is 382 g/mol. The van der Waals surface area contributed by atoms with Crippen molar-refractivity contribution in [1.29, 1.82) is 0 Å². The minimum Gasteiger partial charge on any atom is -0.338 e. The fourth-order valence-electron chi connectivity index (χ4n) is 3.45. The summed E-state index contributed by atoms with van der Waals surface area (Å²) in [6.45, 7) is 3.85. The highest BCUT2D eigenvalue weighted by Crippen LogP contribution is 2.27. The minimum absolute atomic E-state index is 0.0172. The van der Waals surface area contributed by atoms with Crippen LogP contribution in [0.5, 0.6) is 0 Å². The molecule has 3 rings (SSSR count). The number of sulfone groups is 1. The molecule has 1 aromatic carbocycles. The molecule has 0 aromatic heterocycles. The molecule has 2 fully saturated rings. The summed E-state index contributed by atoms with van der Waals surface area (Å²) in [7, 11) is -3.09. The van der Waals surface area contributed by atoms with Crippen molar-refractivity contribution in [2.75, 3.05) is 28.7 Å². The zero-order valence-electron chi connectivity index (χ0n) is 16.0. The number of hydrogen-bond donors (Lipinski definition) is 2. The lowest BCUT2D eigenvalue weighted by atomic mass is 10.1. The highest BCUT2D eigenvalue weighted by molar-refractivity contribution is 7.91. The van der Waals surface area contributed by atoms with E-state index in [2.05, 4.69) is 10.6 Å². The summed E-state index contributed by atoms with van der Waals surface area (Å²) in [6, 6.07) is 6.45. The number of rotatable bonds is 5. The number of amides is 3. The smallest absolute Gasteiger partial charge is 0.229 e. The number of anilines is 2. The Morgan fingerprint density at radius 3 is 2.25 bits per heavy atom. The molecule has 2 aliphatic heterocycles. The van der Waals surface area contributed by atoms with Crippen LogP contribution in [0.25, 0.3) is 0 Å². The van der Waals surface area contributed by atoms with Gasteiger partial charge in [0.2, 0.25) is 17.7 Å². The van der Waals surface area contributed by atoms with Crippen LogP contribution in [0, 0.1) is 11.8 Å². The number of benzene rings is 1. The molecule has 9 heteroatoms. The predicted molar refractivity (Wildman–Crippen MR) is 105 cm³/mol. The van der Waals surface area contributed by atoms with E-state index in [0.717, 1.165) is 0 Å². The molecule has 0 bridgehead atoms. The van der Waals surface area contributed by atoms with Gasteiger partial charge in [-0.2, -0.15) is 0 Å². The zero-order chi connectivity index (χ0) is 20.5. The molecule has 0 aliphatic carbocycles. The molecule has 28 heavy (non-hydrogen) atoms. The second-order valence-electron chi connectivity index (χ2n) is 7.71. The van der Waals surface area contributed by atoms with Gasteiger partial charge in [0.1, 0.15) is 0 Å². The third kappa shape index (κ3) is 4.70. The van der Waals surface area contributed by atoms with Gasteiger partial charge in [-0.05, 0) is 30.7 Å². The SMILES string of the molecule is CC(C)C(=O)Nc1ccc(NC(=O)[C@@H]2CC(=O)N([C@H]3CCS(=O)(=O)C3)C2)cc1. The topological polar surface area (TPSA) is 113 Å². The van der Waals surface area contributed by atoms with Gasteiger partial charge in [0.05, 0.1) is 17.4 Å². The molecule has 0 spiro atoms. The molecule has 1 aromatic rings. The fraction of sp³-hybridized carbons (Fsp3) is 0.526. The molecule has 2 saturated heterocycles. The molecule has 2 aliphatic rings. The van der Waals surface area contributed by atoms with E-state index in [0.29, 0.717) is 17.8 Å². The molecule has 0 saturated carbocycles. The maximum Gasteiger partial charge on any atom is 0.229 e. The van der Waals surface area contributed by atoms with Crippen LogP contribution in [0.3, 0.4) is 0 Å². The number of carbonyl (C=O) groups excluding carboxylic acids is 3. The number of carbonyl (C=O) groups is 3. The first kappa shape index (κ1) is 20.3. The summed E-state index contributed by atoms with van der Waals surface area (Å²) in [5, 5.41) is 5.56. The average molecular weight is 407 g/mol. The van der Waals surface area contributed by atoms with Crippen LogP contribution in [0.1, 0.15) is 26.7 Å². The van der Waals surface area contributed by atoms with Crippen molar-refractivity contribution in [3.63, 3.8) is 0 Å². The van der Waals surface area contributed by atoms with E-state index in [-0.39, 0.29) is 54.2 Å². The van der Waals surface area contributed by atoms with Gasteiger partial charge in [0.25, 0.3) is 0 Å². The third-order valence-electron chi connectivity index (χ3n) is 5.12. The largest absolute Gasteiger partial charge is 0.338 e. The van der Waals surface area contributed by atoms with Gasteiger partial charge in [-0.15, -0.1) is 0 Å². The Kier molecular flexibility index (Phi) is 5.74. The maximum atomic E-state index is 12.5. The molecule has 8 nitrogen and oxygen atoms in total. The highest BCUT2D eigenvalue weighted by Gasteiger charge is 2.41. The van der Waals surface area contributed by atoms with Crippen LogP contribution < -0.4 is 10.6 Å². The molecule has 3 amide bonds. The lowest BCUT2D eigenvalue weighted by Crippen LogP contribution is -2.38. The van der Waals surface area contributed by atoms with Crippen molar-refractivity contribution in [1.82, 2.24) is 4.90 Å². The van der Waals surface area contributed by atoms with Crippen molar-refractivity contribution < 1.29 is 22.8 Å². The van der Waals surface area contributed by atoms with Gasteiger partial charge in [-0.25, -0.2) is 8.42 Å². The summed E-state index contributed by atoms with van der Waals surface area (Å²) in [5.74, 6) is -1.08. The van der Waals surface area contributed by atoms with E-state index >= 15 is 0 Å². The Balaban J connectivity index is 1.56. The predicted octanol–water partition coefficient (Wildman–Crippen LogP) is 1.26. The van der Waals surface area contributed by atoms with Crippen LogP contribution in [0.15, 0.2) is 24.3 Å². The first-order valence-corrected chi connectivity index (χ1v) is 11.2. The average Bonchev–Trinajstić information content (AvgIpc) is 3.18. The monoisotopic (exact) mass is 407 g/mol. The van der Waals surface area contributed by atoms with E-state index in [1.165, 1.54) is 0 Å². The Bertz CT molecular complexity index is 879. The molecule has 2 heterocycles. The molecule has 2 atom stereocenters. The Labute approximate surface area is 164 Å². The van der Waals surface area contributed by atoms with Gasteiger partial charge < -0.3 is 15.5 Å². The highest BCUT2D eigenvalue weighted by atomic mass is 32.2. The van der Waals surface area contributed by atoms with E-state index in [4.69, 9.17) is 0 Å². The van der Waals surface area contributed by atoms with Gasteiger partial charge in [0, 0.05) is 36.3 Å². The van der Waals surface area contributed by atoms with Gasteiger partial charge in [-0.1, -0.05) is 13.8 Å². The van der Waals surface area contributed by atoms with E-state index in [1.807, 2.05) is 0 Å². The van der Waals surface area contributed by atoms with Gasteiger partial charge in [-0.3, -0.25) is 14.4 Å². The van der Waals surface area contributed by atoms with E-state index < -0.39 is 15.8 Å². The molecule has 0 radical (unpaired) electrons. The quantitative estimate of drug-likeness (QED) is 0.763. The molecular formula is C19H25N3O5S. The third-order valence-corrected chi connectivity index (χ3v) is 6.87. The lowest BCUT2D eigenvalue weighted by molar-refractivity contribution is -0.129. The summed E-state index contributed by atoms with van der Waals surface area (Å²) >= 11 is 0. The van der Waals surface area contributed by atoms with Gasteiger partial charge in [0.15, 0.2) is 9.84 Å². The van der Waals surface area contributed by atoms with Crippen LogP contribution >= 0.6 is 0 Å². The van der Waals surface area contributed by atoms with Crippen LogP contribution in [-0.4, -0.2) is 55.1 Å². The van der Waals surface area contributed by atoms with Gasteiger partial charge >= 0.3 is 0 Å². The zero-order valence-corrected chi connectivity index (χ0v) is 16.8. The first-order valence-electron chi connectivity index (χ1n) is 9.36. The van der Waals surface area contributed by atoms with Crippen LogP contribution in [0.4, 0.5) is 11.4 Å². The van der Waals surface area contributed by atoms with Crippen LogP contribution in [-0.2, 0) is 24.2 Å². The first-order chi connectivity index (χ1) is 13.1. The normalized spacial score (nSPS) is 23.8. The van der Waals surface area contributed by atoms with Crippen LogP contribution in [0.2, 0.25) is 0 Å². The number of likely N-dealkylation sites (tertiary alicyclic amines) is 1. The summed E-state index contributed by atoms with van der Waals surface area (Å²) in [5.41, 5.74) is 1.21. The molecule has 0 unspecified atom stereocenters. The van der Waals surface area contributed by atoms with Crippen molar-refractivity contribution in [2.45, 2.75) is 32.7 Å². The summed E-state index contributed by atoms with van der Waals surface area (Å²) < 4.78 is 23.3. The van der Waals surface area contributed by atoms with Crippen molar-refractivity contribution in [3.05, 3.63) is 24.3 Å². The maximum absolute atomic E-state index is 12.5. The summed E-state index contributed by atoms with van der Waals surface area (Å²) in [6.07, 6.45) is 0.525. The summed E-state index contributed by atoms with van der Waals surface area (Å²) in [4.78, 5) is 38.0. The standard InChI is InChI=1S/C19H25N3O5S/c1-12(2)18(24)20-14-3-5-15(6-4-14)21-19(25)13-9-17(23)22(10-13)16-7-8-28(26,27)11-16/h3-6,12-13,16H,7-11H2,1-2H3,(H,20,24)(H,21,25)/t13-,16+/m1/s1. The Morgan fingerprint density at radius 2 is 1.71 bits per heavy atom.